The molecular weight excluding hydrogens is 200 g/mol. The van der Waals surface area contributed by atoms with Gasteiger partial charge < -0.3 is 10.4 Å². The molecule has 1 aromatic heterocycles. The zero-order valence-electron chi connectivity index (χ0n) is 8.42. The lowest BCUT2D eigenvalue weighted by Crippen LogP contribution is -2.34. The van der Waals surface area contributed by atoms with Crippen LogP contribution in [0.2, 0.25) is 5.02 Å². The smallest absolute Gasteiger partial charge is 0.0715 e. The van der Waals surface area contributed by atoms with Gasteiger partial charge in [0.1, 0.15) is 0 Å². The van der Waals surface area contributed by atoms with Crippen LogP contribution in [0.4, 0.5) is 0 Å². The fourth-order valence-electron chi connectivity index (χ4n) is 1.05. The van der Waals surface area contributed by atoms with Crippen molar-refractivity contribution < 1.29 is 5.11 Å². The molecule has 0 fully saturated rings. The third-order valence-corrected chi connectivity index (χ3v) is 2.07. The van der Waals surface area contributed by atoms with E-state index in [4.69, 9.17) is 11.6 Å². The van der Waals surface area contributed by atoms with Crippen LogP contribution >= 0.6 is 11.6 Å². The van der Waals surface area contributed by atoms with Gasteiger partial charge >= 0.3 is 0 Å². The van der Waals surface area contributed by atoms with E-state index in [0.717, 1.165) is 5.56 Å². The summed E-state index contributed by atoms with van der Waals surface area (Å²) in [5, 5.41) is 13.2. The largest absolute Gasteiger partial charge is 0.389 e. The highest BCUT2D eigenvalue weighted by molar-refractivity contribution is 6.31. The van der Waals surface area contributed by atoms with Gasteiger partial charge in [-0.3, -0.25) is 4.98 Å². The SMILES string of the molecule is CC(C)(O)CNCc1ccncc1Cl. The van der Waals surface area contributed by atoms with Crippen LogP contribution in [0.25, 0.3) is 0 Å². The van der Waals surface area contributed by atoms with Crippen molar-refractivity contribution in [1.82, 2.24) is 10.3 Å². The summed E-state index contributed by atoms with van der Waals surface area (Å²) in [6.07, 6.45) is 3.32. The lowest BCUT2D eigenvalue weighted by Gasteiger charge is -2.17. The maximum absolute atomic E-state index is 9.46. The maximum atomic E-state index is 9.46. The van der Waals surface area contributed by atoms with Crippen LogP contribution in [0.1, 0.15) is 19.4 Å². The van der Waals surface area contributed by atoms with Gasteiger partial charge in [0.05, 0.1) is 10.6 Å². The molecule has 0 radical (unpaired) electrons. The molecule has 0 aliphatic heterocycles. The summed E-state index contributed by atoms with van der Waals surface area (Å²) in [5.41, 5.74) is 0.297. The van der Waals surface area contributed by atoms with Gasteiger partial charge in [0.25, 0.3) is 0 Å². The van der Waals surface area contributed by atoms with Crippen molar-refractivity contribution in [3.8, 4) is 0 Å². The fraction of sp³-hybridized carbons (Fsp3) is 0.500. The molecule has 2 N–H and O–H groups in total. The van der Waals surface area contributed by atoms with Crippen LogP contribution in [0.15, 0.2) is 18.5 Å². The number of nitrogens with zero attached hydrogens (tertiary/aromatic N) is 1. The minimum atomic E-state index is -0.695. The van der Waals surface area contributed by atoms with E-state index < -0.39 is 5.60 Å². The molecule has 0 bridgehead atoms. The molecule has 0 amide bonds. The van der Waals surface area contributed by atoms with Gasteiger partial charge in [-0.25, -0.2) is 0 Å². The molecule has 0 saturated carbocycles. The van der Waals surface area contributed by atoms with Crippen LogP contribution in [-0.4, -0.2) is 22.2 Å². The Bertz CT molecular complexity index is 296. The number of hydrogen-bond acceptors (Lipinski definition) is 3. The van der Waals surface area contributed by atoms with Crippen molar-refractivity contribution in [3.05, 3.63) is 29.0 Å². The predicted octanol–water partition coefficient (Wildman–Crippen LogP) is 1.60. The molecule has 14 heavy (non-hydrogen) atoms. The second kappa shape index (κ2) is 4.73. The number of hydrogen-bond donors (Lipinski definition) is 2. The molecule has 0 saturated heterocycles. The number of rotatable bonds is 4. The molecule has 0 atom stereocenters. The van der Waals surface area contributed by atoms with E-state index in [1.54, 1.807) is 26.2 Å². The molecule has 0 unspecified atom stereocenters. The molecule has 4 heteroatoms. The van der Waals surface area contributed by atoms with Gasteiger partial charge in [0.2, 0.25) is 0 Å². The van der Waals surface area contributed by atoms with Crippen molar-refractivity contribution >= 4 is 11.6 Å². The normalized spacial score (nSPS) is 11.7. The zero-order chi connectivity index (χ0) is 10.6. The summed E-state index contributed by atoms with van der Waals surface area (Å²) in [7, 11) is 0. The van der Waals surface area contributed by atoms with E-state index in [2.05, 4.69) is 10.3 Å². The second-order valence-corrected chi connectivity index (χ2v) is 4.29. The van der Waals surface area contributed by atoms with Crippen LogP contribution in [0.3, 0.4) is 0 Å². The minimum absolute atomic E-state index is 0.533. The van der Waals surface area contributed by atoms with Crippen LogP contribution in [0.5, 0.6) is 0 Å². The standard InChI is InChI=1S/C10H15ClN2O/c1-10(2,14)7-13-5-8-3-4-12-6-9(8)11/h3-4,6,13-14H,5,7H2,1-2H3. The predicted molar refractivity (Wildman–Crippen MR) is 57.3 cm³/mol. The Morgan fingerprint density at radius 1 is 1.57 bits per heavy atom. The first-order valence-corrected chi connectivity index (χ1v) is 4.88. The van der Waals surface area contributed by atoms with Crippen LogP contribution in [-0.2, 0) is 6.54 Å². The number of nitrogens with one attached hydrogen (secondary N) is 1. The van der Waals surface area contributed by atoms with Crippen molar-refractivity contribution in [2.45, 2.75) is 26.0 Å². The number of pyridine rings is 1. The molecular formula is C10H15ClN2O. The van der Waals surface area contributed by atoms with Crippen molar-refractivity contribution in [1.29, 1.82) is 0 Å². The maximum Gasteiger partial charge on any atom is 0.0715 e. The monoisotopic (exact) mass is 214 g/mol. The average Bonchev–Trinajstić information content (AvgIpc) is 2.06. The third-order valence-electron chi connectivity index (χ3n) is 1.73. The summed E-state index contributed by atoms with van der Waals surface area (Å²) >= 11 is 5.91. The lowest BCUT2D eigenvalue weighted by atomic mass is 10.1. The van der Waals surface area contributed by atoms with E-state index >= 15 is 0 Å². The van der Waals surface area contributed by atoms with E-state index in [-0.39, 0.29) is 0 Å². The van der Waals surface area contributed by atoms with Gasteiger partial charge in [-0.1, -0.05) is 11.6 Å². The summed E-state index contributed by atoms with van der Waals surface area (Å²) in [4.78, 5) is 3.89. The summed E-state index contributed by atoms with van der Waals surface area (Å²) < 4.78 is 0. The molecule has 1 aromatic rings. The first kappa shape index (κ1) is 11.4. The Morgan fingerprint density at radius 3 is 2.86 bits per heavy atom. The highest BCUT2D eigenvalue weighted by atomic mass is 35.5. The Labute approximate surface area is 89.1 Å². The van der Waals surface area contributed by atoms with Crippen LogP contribution in [0, 0.1) is 0 Å². The Kier molecular flexibility index (Phi) is 3.86. The van der Waals surface area contributed by atoms with Crippen molar-refractivity contribution in [2.24, 2.45) is 0 Å². The van der Waals surface area contributed by atoms with Gasteiger partial charge in [0.15, 0.2) is 0 Å². The van der Waals surface area contributed by atoms with E-state index in [9.17, 15) is 5.11 Å². The number of aliphatic hydroxyl groups is 1. The first-order valence-electron chi connectivity index (χ1n) is 4.50. The number of aromatic nitrogens is 1. The topological polar surface area (TPSA) is 45.1 Å². The molecule has 0 aliphatic carbocycles. The van der Waals surface area contributed by atoms with Gasteiger partial charge in [-0.15, -0.1) is 0 Å². The summed E-state index contributed by atoms with van der Waals surface area (Å²) in [6, 6.07) is 1.86. The fourth-order valence-corrected chi connectivity index (χ4v) is 1.24. The Balaban J connectivity index is 2.43. The average molecular weight is 215 g/mol. The molecule has 1 rings (SSSR count). The first-order chi connectivity index (χ1) is 6.49. The van der Waals surface area contributed by atoms with Crippen LogP contribution < -0.4 is 5.32 Å². The Morgan fingerprint density at radius 2 is 2.29 bits per heavy atom. The van der Waals surface area contributed by atoms with E-state index in [1.165, 1.54) is 0 Å². The minimum Gasteiger partial charge on any atom is -0.389 e. The second-order valence-electron chi connectivity index (χ2n) is 3.88. The van der Waals surface area contributed by atoms with Gasteiger partial charge in [-0.2, -0.15) is 0 Å². The molecule has 1 heterocycles. The Hall–Kier alpha value is -0.640. The van der Waals surface area contributed by atoms with E-state index in [0.29, 0.717) is 18.1 Å². The molecule has 78 valence electrons. The van der Waals surface area contributed by atoms with E-state index in [1.807, 2.05) is 6.07 Å². The van der Waals surface area contributed by atoms with Crippen molar-refractivity contribution in [3.63, 3.8) is 0 Å². The number of halogens is 1. The highest BCUT2D eigenvalue weighted by Gasteiger charge is 2.11. The third kappa shape index (κ3) is 4.05. The van der Waals surface area contributed by atoms with Gasteiger partial charge in [-0.05, 0) is 25.5 Å². The van der Waals surface area contributed by atoms with Crippen molar-refractivity contribution in [2.75, 3.05) is 6.54 Å². The molecule has 0 aliphatic rings. The lowest BCUT2D eigenvalue weighted by molar-refractivity contribution is 0.0795. The van der Waals surface area contributed by atoms with Gasteiger partial charge in [0, 0.05) is 25.5 Å². The summed E-state index contributed by atoms with van der Waals surface area (Å²) in [5.74, 6) is 0. The highest BCUT2D eigenvalue weighted by Crippen LogP contribution is 2.12. The zero-order valence-corrected chi connectivity index (χ0v) is 9.17. The molecule has 3 nitrogen and oxygen atoms in total. The summed E-state index contributed by atoms with van der Waals surface area (Å²) in [6.45, 7) is 4.69. The quantitative estimate of drug-likeness (QED) is 0.800. The molecule has 0 spiro atoms. The molecule has 0 aromatic carbocycles.